The number of hydrogen-bond acceptors (Lipinski definition) is 5. The molecule has 0 rings (SSSR count). The second-order valence-corrected chi connectivity index (χ2v) is 2.75. The van der Waals surface area contributed by atoms with Crippen LogP contribution in [0.4, 0.5) is 0 Å². The molecule has 0 saturated carbocycles. The summed E-state index contributed by atoms with van der Waals surface area (Å²) in [6, 6.07) is 0.147. The molecule has 0 saturated heterocycles. The van der Waals surface area contributed by atoms with Gasteiger partial charge in [-0.3, -0.25) is 10.9 Å². The average Bonchev–Trinajstić information content (AvgIpc) is 2.19. The van der Waals surface area contributed by atoms with Gasteiger partial charge in [0.2, 0.25) is 0 Å². The Morgan fingerprint density at radius 3 is 1.79 bits per heavy atom. The highest BCUT2D eigenvalue weighted by atomic mass is 15.4. The monoisotopic (exact) mass is 201 g/mol. The molecule has 0 unspecified atom stereocenters. The average molecular weight is 201 g/mol. The number of hydrogen-bond donors (Lipinski definition) is 3. The summed E-state index contributed by atoms with van der Waals surface area (Å²) in [6.07, 6.45) is 1.73. The lowest BCUT2D eigenvalue weighted by atomic mass is 10.1. The zero-order valence-electron chi connectivity index (χ0n) is 8.77. The van der Waals surface area contributed by atoms with Gasteiger partial charge in [-0.1, -0.05) is 10.4 Å². The van der Waals surface area contributed by atoms with Crippen molar-refractivity contribution < 1.29 is 0 Å². The van der Waals surface area contributed by atoms with Crippen LogP contribution in [0.5, 0.6) is 0 Å². The highest BCUT2D eigenvalue weighted by molar-refractivity contribution is 4.62. The van der Waals surface area contributed by atoms with Gasteiger partial charge in [0.1, 0.15) is 0 Å². The minimum absolute atomic E-state index is 0.147. The molecule has 0 bridgehead atoms. The molecule has 0 fully saturated rings. The van der Waals surface area contributed by atoms with E-state index in [1.807, 2.05) is 0 Å². The third kappa shape index (κ3) is 8.85. The fourth-order valence-electron chi connectivity index (χ4n) is 0.886. The standard InChI is InChI=1S/C7H19N7/c1-9-13-11-5-3-7(8)4-6-12-14-10-2/h7H,3-6,8H2,1-2H3,(H,9,11)(H,10,12). The summed E-state index contributed by atoms with van der Waals surface area (Å²) in [5.41, 5.74) is 11.4. The van der Waals surface area contributed by atoms with Crippen LogP contribution in [0.15, 0.2) is 20.7 Å². The Labute approximate surface area is 84.2 Å². The lowest BCUT2D eigenvalue weighted by Crippen LogP contribution is -2.27. The minimum Gasteiger partial charge on any atom is -0.328 e. The summed E-state index contributed by atoms with van der Waals surface area (Å²) < 4.78 is 0. The Bertz CT molecular complexity index is 149. The molecule has 0 aliphatic carbocycles. The molecule has 4 N–H and O–H groups in total. The molecule has 82 valence electrons. The fraction of sp³-hybridized carbons (Fsp3) is 1.00. The lowest BCUT2D eigenvalue weighted by molar-refractivity contribution is 0.510. The van der Waals surface area contributed by atoms with Gasteiger partial charge in [0.05, 0.1) is 14.1 Å². The van der Waals surface area contributed by atoms with Gasteiger partial charge < -0.3 is 5.73 Å². The van der Waals surface area contributed by atoms with E-state index in [2.05, 4.69) is 31.5 Å². The van der Waals surface area contributed by atoms with Crippen molar-refractivity contribution in [3.05, 3.63) is 0 Å². The molecule has 0 aliphatic heterocycles. The van der Waals surface area contributed by atoms with Crippen molar-refractivity contribution in [3.63, 3.8) is 0 Å². The van der Waals surface area contributed by atoms with Crippen LogP contribution in [0.2, 0.25) is 0 Å². The van der Waals surface area contributed by atoms with Crippen LogP contribution >= 0.6 is 0 Å². The van der Waals surface area contributed by atoms with Gasteiger partial charge in [0.25, 0.3) is 0 Å². The van der Waals surface area contributed by atoms with Crippen molar-refractivity contribution in [3.8, 4) is 0 Å². The van der Waals surface area contributed by atoms with Crippen molar-refractivity contribution in [2.75, 3.05) is 27.2 Å². The van der Waals surface area contributed by atoms with Crippen molar-refractivity contribution in [2.24, 2.45) is 26.4 Å². The number of nitrogens with two attached hydrogens (primary N) is 1. The summed E-state index contributed by atoms with van der Waals surface area (Å²) in [5, 5.41) is 14.4. The first-order chi connectivity index (χ1) is 6.81. The van der Waals surface area contributed by atoms with E-state index in [0.29, 0.717) is 0 Å². The van der Waals surface area contributed by atoms with Crippen LogP contribution < -0.4 is 16.6 Å². The zero-order chi connectivity index (χ0) is 10.6. The maximum absolute atomic E-state index is 5.81. The van der Waals surface area contributed by atoms with Gasteiger partial charge in [-0.15, -0.1) is 0 Å². The molecule has 0 heterocycles. The Balaban J connectivity index is 3.23. The molecule has 7 nitrogen and oxygen atoms in total. The maximum Gasteiger partial charge on any atom is 0.0509 e. The van der Waals surface area contributed by atoms with E-state index in [4.69, 9.17) is 5.73 Å². The van der Waals surface area contributed by atoms with Crippen molar-refractivity contribution in [1.82, 2.24) is 10.9 Å². The Kier molecular flexibility index (Phi) is 8.97. The first-order valence-corrected chi connectivity index (χ1v) is 4.60. The highest BCUT2D eigenvalue weighted by Crippen LogP contribution is 1.91. The molecule has 0 aromatic rings. The summed E-state index contributed by atoms with van der Waals surface area (Å²) in [7, 11) is 3.24. The van der Waals surface area contributed by atoms with Gasteiger partial charge in [-0.25, -0.2) is 0 Å². The fourth-order valence-corrected chi connectivity index (χ4v) is 0.886. The van der Waals surface area contributed by atoms with Crippen molar-refractivity contribution in [2.45, 2.75) is 18.9 Å². The second kappa shape index (κ2) is 9.85. The third-order valence-corrected chi connectivity index (χ3v) is 1.60. The van der Waals surface area contributed by atoms with Crippen LogP contribution in [0.3, 0.4) is 0 Å². The molecule has 0 amide bonds. The molecule has 14 heavy (non-hydrogen) atoms. The molecule has 0 atom stereocenters. The third-order valence-electron chi connectivity index (χ3n) is 1.60. The normalized spacial score (nSPS) is 13.6. The quantitative estimate of drug-likeness (QED) is 0.298. The van der Waals surface area contributed by atoms with Gasteiger partial charge in [0.15, 0.2) is 0 Å². The molecule has 0 aliphatic rings. The molecular formula is C7H19N7. The van der Waals surface area contributed by atoms with Crippen molar-refractivity contribution in [1.29, 1.82) is 0 Å². The van der Waals surface area contributed by atoms with E-state index in [1.54, 1.807) is 14.1 Å². The summed E-state index contributed by atoms with van der Waals surface area (Å²) in [6.45, 7) is 1.49. The summed E-state index contributed by atoms with van der Waals surface area (Å²) >= 11 is 0. The van der Waals surface area contributed by atoms with Gasteiger partial charge in [-0.2, -0.15) is 10.2 Å². The number of nitrogens with zero attached hydrogens (tertiary/aromatic N) is 4. The predicted octanol–water partition coefficient (Wildman–Crippen LogP) is 0.267. The Morgan fingerprint density at radius 1 is 1.00 bits per heavy atom. The van der Waals surface area contributed by atoms with E-state index in [1.165, 1.54) is 0 Å². The predicted molar refractivity (Wildman–Crippen MR) is 54.8 cm³/mol. The topological polar surface area (TPSA) is 99.5 Å². The Morgan fingerprint density at radius 2 is 1.43 bits per heavy atom. The largest absolute Gasteiger partial charge is 0.328 e. The smallest absolute Gasteiger partial charge is 0.0509 e. The second-order valence-electron chi connectivity index (χ2n) is 2.75. The van der Waals surface area contributed by atoms with Crippen LogP contribution in [0.25, 0.3) is 0 Å². The van der Waals surface area contributed by atoms with Gasteiger partial charge in [0, 0.05) is 19.1 Å². The lowest BCUT2D eigenvalue weighted by Gasteiger charge is -2.09. The van der Waals surface area contributed by atoms with Crippen molar-refractivity contribution >= 4 is 0 Å². The van der Waals surface area contributed by atoms with E-state index in [9.17, 15) is 0 Å². The molecule has 0 spiro atoms. The first-order valence-electron chi connectivity index (χ1n) is 4.60. The molecule has 0 aromatic heterocycles. The molecule has 7 heteroatoms. The maximum atomic E-state index is 5.81. The SMILES string of the molecule is CN=NNCCC(N)CCNN=NC. The van der Waals surface area contributed by atoms with Crippen LogP contribution in [-0.4, -0.2) is 33.2 Å². The number of nitrogens with one attached hydrogen (secondary N) is 2. The highest BCUT2D eigenvalue weighted by Gasteiger charge is 2.00. The minimum atomic E-state index is 0.147. The first kappa shape index (κ1) is 12.8. The van der Waals surface area contributed by atoms with E-state index in [-0.39, 0.29) is 6.04 Å². The van der Waals surface area contributed by atoms with Gasteiger partial charge in [-0.05, 0) is 12.8 Å². The van der Waals surface area contributed by atoms with Crippen LogP contribution in [-0.2, 0) is 0 Å². The summed E-state index contributed by atoms with van der Waals surface area (Å²) in [5.74, 6) is 0. The van der Waals surface area contributed by atoms with Crippen LogP contribution in [0, 0.1) is 0 Å². The molecule has 0 radical (unpaired) electrons. The summed E-state index contributed by atoms with van der Waals surface area (Å²) in [4.78, 5) is 0. The molecule has 0 aromatic carbocycles. The van der Waals surface area contributed by atoms with E-state index in [0.717, 1.165) is 25.9 Å². The van der Waals surface area contributed by atoms with E-state index < -0.39 is 0 Å². The Hall–Kier alpha value is -1.24. The van der Waals surface area contributed by atoms with Gasteiger partial charge >= 0.3 is 0 Å². The molecular weight excluding hydrogens is 182 g/mol. The zero-order valence-corrected chi connectivity index (χ0v) is 8.77. The number of rotatable bonds is 8. The van der Waals surface area contributed by atoms with Crippen LogP contribution in [0.1, 0.15) is 12.8 Å². The van der Waals surface area contributed by atoms with E-state index >= 15 is 0 Å².